The van der Waals surface area contributed by atoms with Gasteiger partial charge in [0.2, 0.25) is 0 Å². The zero-order valence-electron chi connectivity index (χ0n) is 9.58. The Hall–Kier alpha value is -1.06. The highest BCUT2D eigenvalue weighted by Gasteiger charge is 2.21. The summed E-state index contributed by atoms with van der Waals surface area (Å²) >= 11 is 0. The second-order valence-corrected chi connectivity index (χ2v) is 3.86. The Morgan fingerprint density at radius 2 is 1.93 bits per heavy atom. The molecule has 0 aliphatic rings. The maximum Gasteiger partial charge on any atom is 0.118 e. The molecule has 0 aromatic heterocycles. The van der Waals surface area contributed by atoms with E-state index >= 15 is 0 Å². The van der Waals surface area contributed by atoms with E-state index in [1.807, 2.05) is 38.2 Å². The van der Waals surface area contributed by atoms with Crippen LogP contribution in [0, 0.1) is 0 Å². The van der Waals surface area contributed by atoms with Crippen LogP contribution in [0.5, 0.6) is 5.75 Å². The van der Waals surface area contributed by atoms with Crippen molar-refractivity contribution in [3.63, 3.8) is 0 Å². The fourth-order valence-electron chi connectivity index (χ4n) is 1.46. The van der Waals surface area contributed by atoms with E-state index in [0.717, 1.165) is 17.9 Å². The predicted molar refractivity (Wildman–Crippen MR) is 61.1 cm³/mol. The monoisotopic (exact) mass is 209 g/mol. The van der Waals surface area contributed by atoms with Gasteiger partial charge >= 0.3 is 0 Å². The van der Waals surface area contributed by atoms with Crippen molar-refractivity contribution in [2.45, 2.75) is 18.9 Å². The number of aliphatic hydroxyl groups is 1. The summed E-state index contributed by atoms with van der Waals surface area (Å²) in [5, 5.41) is 13.2. The topological polar surface area (TPSA) is 41.5 Å². The molecule has 0 saturated heterocycles. The molecule has 0 aliphatic heterocycles. The molecule has 0 heterocycles. The van der Waals surface area contributed by atoms with E-state index in [1.165, 1.54) is 0 Å². The summed E-state index contributed by atoms with van der Waals surface area (Å²) in [6, 6.07) is 7.52. The van der Waals surface area contributed by atoms with Crippen LogP contribution in [-0.2, 0) is 5.60 Å². The van der Waals surface area contributed by atoms with Crippen LogP contribution in [0.3, 0.4) is 0 Å². The minimum Gasteiger partial charge on any atom is -0.497 e. The Balaban J connectivity index is 2.75. The van der Waals surface area contributed by atoms with Gasteiger partial charge in [0, 0.05) is 0 Å². The van der Waals surface area contributed by atoms with Gasteiger partial charge in [-0.3, -0.25) is 0 Å². The molecule has 2 N–H and O–H groups in total. The number of rotatable bonds is 5. The van der Waals surface area contributed by atoms with Crippen molar-refractivity contribution in [3.8, 4) is 5.75 Å². The fraction of sp³-hybridized carbons (Fsp3) is 0.500. The SMILES string of the molecule is CNCCC(C)(O)c1ccc(OC)cc1. The average molecular weight is 209 g/mol. The standard InChI is InChI=1S/C12H19NO2/c1-12(14,8-9-13-2)10-4-6-11(15-3)7-5-10/h4-7,13-14H,8-9H2,1-3H3. The third-order valence-electron chi connectivity index (χ3n) is 2.57. The Morgan fingerprint density at radius 1 is 1.33 bits per heavy atom. The molecule has 0 aliphatic carbocycles. The fourth-order valence-corrected chi connectivity index (χ4v) is 1.46. The molecule has 1 rings (SSSR count). The maximum atomic E-state index is 10.2. The second-order valence-electron chi connectivity index (χ2n) is 3.86. The average Bonchev–Trinajstić information content (AvgIpc) is 2.26. The minimum atomic E-state index is -0.782. The maximum absolute atomic E-state index is 10.2. The molecule has 15 heavy (non-hydrogen) atoms. The molecule has 1 atom stereocenters. The van der Waals surface area contributed by atoms with Crippen LogP contribution in [0.2, 0.25) is 0 Å². The van der Waals surface area contributed by atoms with Gasteiger partial charge in [-0.05, 0) is 44.6 Å². The summed E-state index contributed by atoms with van der Waals surface area (Å²) in [4.78, 5) is 0. The predicted octanol–water partition coefficient (Wildman–Crippen LogP) is 1.51. The van der Waals surface area contributed by atoms with Crippen molar-refractivity contribution in [1.82, 2.24) is 5.32 Å². The molecule has 0 amide bonds. The van der Waals surface area contributed by atoms with Gasteiger partial charge in [0.1, 0.15) is 5.75 Å². The lowest BCUT2D eigenvalue weighted by Gasteiger charge is -2.23. The van der Waals surface area contributed by atoms with E-state index < -0.39 is 5.60 Å². The number of nitrogens with one attached hydrogen (secondary N) is 1. The van der Waals surface area contributed by atoms with Crippen molar-refractivity contribution < 1.29 is 9.84 Å². The van der Waals surface area contributed by atoms with Crippen LogP contribution >= 0.6 is 0 Å². The second kappa shape index (κ2) is 5.14. The first-order valence-corrected chi connectivity index (χ1v) is 5.11. The summed E-state index contributed by atoms with van der Waals surface area (Å²) in [5.41, 5.74) is 0.133. The van der Waals surface area contributed by atoms with Crippen LogP contribution in [-0.4, -0.2) is 25.8 Å². The summed E-state index contributed by atoms with van der Waals surface area (Å²) in [5.74, 6) is 0.808. The molecule has 1 aromatic carbocycles. The largest absolute Gasteiger partial charge is 0.497 e. The van der Waals surface area contributed by atoms with Gasteiger partial charge in [-0.15, -0.1) is 0 Å². The van der Waals surface area contributed by atoms with Crippen LogP contribution in [0.4, 0.5) is 0 Å². The molecule has 0 saturated carbocycles. The molecule has 0 fully saturated rings. The molecule has 3 nitrogen and oxygen atoms in total. The summed E-state index contributed by atoms with van der Waals surface area (Å²) in [7, 11) is 3.51. The Labute approximate surface area is 91.1 Å². The Bertz CT molecular complexity index is 293. The van der Waals surface area contributed by atoms with Crippen molar-refractivity contribution in [1.29, 1.82) is 0 Å². The van der Waals surface area contributed by atoms with E-state index in [9.17, 15) is 5.11 Å². The van der Waals surface area contributed by atoms with Crippen LogP contribution in [0.1, 0.15) is 18.9 Å². The Kier molecular flexibility index (Phi) is 4.12. The molecular formula is C12H19NO2. The summed E-state index contributed by atoms with van der Waals surface area (Å²) < 4.78 is 5.07. The van der Waals surface area contributed by atoms with E-state index in [-0.39, 0.29) is 0 Å². The van der Waals surface area contributed by atoms with E-state index in [1.54, 1.807) is 7.11 Å². The summed E-state index contributed by atoms with van der Waals surface area (Å²) in [6.45, 7) is 2.62. The molecule has 3 heteroatoms. The van der Waals surface area contributed by atoms with Gasteiger partial charge < -0.3 is 15.2 Å². The van der Waals surface area contributed by atoms with Crippen molar-refractivity contribution in [2.24, 2.45) is 0 Å². The normalized spacial score (nSPS) is 14.7. The minimum absolute atomic E-state index is 0.690. The Morgan fingerprint density at radius 3 is 2.40 bits per heavy atom. The molecule has 0 radical (unpaired) electrons. The van der Waals surface area contributed by atoms with Crippen molar-refractivity contribution >= 4 is 0 Å². The van der Waals surface area contributed by atoms with Gasteiger partial charge in [-0.1, -0.05) is 12.1 Å². The van der Waals surface area contributed by atoms with Gasteiger partial charge in [0.15, 0.2) is 0 Å². The van der Waals surface area contributed by atoms with Gasteiger partial charge in [0.25, 0.3) is 0 Å². The number of hydrogen-bond acceptors (Lipinski definition) is 3. The highest BCUT2D eigenvalue weighted by atomic mass is 16.5. The first-order valence-electron chi connectivity index (χ1n) is 5.11. The molecule has 0 bridgehead atoms. The highest BCUT2D eigenvalue weighted by Crippen LogP contribution is 2.25. The van der Waals surface area contributed by atoms with Crippen LogP contribution < -0.4 is 10.1 Å². The van der Waals surface area contributed by atoms with Crippen LogP contribution in [0.25, 0.3) is 0 Å². The third-order valence-corrected chi connectivity index (χ3v) is 2.57. The lowest BCUT2D eigenvalue weighted by atomic mass is 9.92. The van der Waals surface area contributed by atoms with Crippen molar-refractivity contribution in [2.75, 3.05) is 20.7 Å². The van der Waals surface area contributed by atoms with E-state index in [0.29, 0.717) is 6.42 Å². The quantitative estimate of drug-likeness (QED) is 0.772. The van der Waals surface area contributed by atoms with Gasteiger partial charge in [0.05, 0.1) is 12.7 Å². The molecule has 84 valence electrons. The van der Waals surface area contributed by atoms with Gasteiger partial charge in [-0.2, -0.15) is 0 Å². The smallest absolute Gasteiger partial charge is 0.118 e. The number of methoxy groups -OCH3 is 1. The lowest BCUT2D eigenvalue weighted by Crippen LogP contribution is -2.26. The van der Waals surface area contributed by atoms with E-state index in [4.69, 9.17) is 4.74 Å². The summed E-state index contributed by atoms with van der Waals surface area (Å²) in [6.07, 6.45) is 0.690. The van der Waals surface area contributed by atoms with Gasteiger partial charge in [-0.25, -0.2) is 0 Å². The zero-order chi connectivity index (χ0) is 11.3. The third kappa shape index (κ3) is 3.22. The lowest BCUT2D eigenvalue weighted by molar-refractivity contribution is 0.0485. The molecule has 1 unspecified atom stereocenters. The first kappa shape index (κ1) is 12.0. The zero-order valence-corrected chi connectivity index (χ0v) is 9.58. The van der Waals surface area contributed by atoms with Crippen molar-refractivity contribution in [3.05, 3.63) is 29.8 Å². The molecule has 0 spiro atoms. The number of benzene rings is 1. The molecule has 1 aromatic rings. The van der Waals surface area contributed by atoms with Crippen LogP contribution in [0.15, 0.2) is 24.3 Å². The number of ether oxygens (including phenoxy) is 1. The highest BCUT2D eigenvalue weighted by molar-refractivity contribution is 5.30. The van der Waals surface area contributed by atoms with E-state index in [2.05, 4.69) is 5.32 Å². The number of hydrogen-bond donors (Lipinski definition) is 2. The molecular weight excluding hydrogens is 190 g/mol. The first-order chi connectivity index (χ1) is 7.10.